The molecule has 27 heavy (non-hydrogen) atoms. The van der Waals surface area contributed by atoms with E-state index in [4.69, 9.17) is 9.47 Å². The van der Waals surface area contributed by atoms with E-state index in [9.17, 15) is 18.0 Å². The Morgan fingerprint density at radius 3 is 2.59 bits per heavy atom. The highest BCUT2D eigenvalue weighted by molar-refractivity contribution is 5.91. The molecule has 2 amide bonds. The zero-order valence-corrected chi connectivity index (χ0v) is 15.2. The highest BCUT2D eigenvalue weighted by Crippen LogP contribution is 2.32. The first kappa shape index (κ1) is 21.1. The summed E-state index contributed by atoms with van der Waals surface area (Å²) in [7, 11) is 0. The van der Waals surface area contributed by atoms with Crippen molar-refractivity contribution in [1.29, 1.82) is 0 Å². The summed E-state index contributed by atoms with van der Waals surface area (Å²) < 4.78 is 52.0. The Bertz CT molecular complexity index is 605. The van der Waals surface area contributed by atoms with Crippen molar-refractivity contribution < 1.29 is 32.2 Å². The van der Waals surface area contributed by atoms with Gasteiger partial charge >= 0.3 is 12.4 Å². The number of nitrogens with one attached hydrogen (secondary N) is 2. The van der Waals surface area contributed by atoms with E-state index in [1.165, 1.54) is 6.07 Å². The number of hydrogen-bond acceptors (Lipinski definition) is 4. The normalized spacial score (nSPS) is 15.3. The molecule has 0 aromatic heterocycles. The second-order valence-electron chi connectivity index (χ2n) is 6.18. The van der Waals surface area contributed by atoms with Crippen molar-refractivity contribution in [3.8, 4) is 11.5 Å². The minimum Gasteiger partial charge on any atom is -0.489 e. The van der Waals surface area contributed by atoms with Crippen LogP contribution in [0.5, 0.6) is 11.5 Å². The number of ether oxygens (including phenoxy) is 3. The maximum Gasteiger partial charge on any atom is 0.573 e. The van der Waals surface area contributed by atoms with Gasteiger partial charge in [0.05, 0.1) is 12.3 Å². The number of hydrogen-bond donors (Lipinski definition) is 2. The molecular weight excluding hydrogens is 365 g/mol. The van der Waals surface area contributed by atoms with Gasteiger partial charge in [-0.25, -0.2) is 4.79 Å². The number of halogens is 3. The minimum atomic E-state index is -4.82. The molecule has 1 fully saturated rings. The maximum atomic E-state index is 12.5. The lowest BCUT2D eigenvalue weighted by Crippen LogP contribution is -2.39. The van der Waals surface area contributed by atoms with Gasteiger partial charge in [0.2, 0.25) is 0 Å². The molecule has 6 nitrogen and oxygen atoms in total. The number of alkyl halides is 3. The van der Waals surface area contributed by atoms with Gasteiger partial charge in [-0.05, 0) is 31.9 Å². The number of amides is 2. The van der Waals surface area contributed by atoms with Gasteiger partial charge in [-0.15, -0.1) is 13.2 Å². The number of urea groups is 1. The average molecular weight is 390 g/mol. The smallest absolute Gasteiger partial charge is 0.489 e. The second kappa shape index (κ2) is 10.2. The highest BCUT2D eigenvalue weighted by Gasteiger charge is 2.31. The molecule has 0 bridgehead atoms. The van der Waals surface area contributed by atoms with E-state index < -0.39 is 18.1 Å². The Morgan fingerprint density at radius 1 is 1.19 bits per heavy atom. The molecule has 9 heteroatoms. The fraction of sp³-hybridized carbons (Fsp3) is 0.611. The Balaban J connectivity index is 2.05. The van der Waals surface area contributed by atoms with Crippen LogP contribution in [-0.4, -0.2) is 38.3 Å². The zero-order valence-electron chi connectivity index (χ0n) is 15.2. The van der Waals surface area contributed by atoms with Crippen LogP contribution in [0, 0.1) is 0 Å². The molecule has 1 aliphatic rings. The lowest BCUT2D eigenvalue weighted by Gasteiger charge is -2.23. The fourth-order valence-electron chi connectivity index (χ4n) is 2.88. The zero-order chi connectivity index (χ0) is 19.7. The number of rotatable bonds is 8. The molecular formula is C18H25F3N2O4. The Morgan fingerprint density at radius 2 is 1.93 bits per heavy atom. The molecule has 0 heterocycles. The molecule has 1 saturated carbocycles. The summed E-state index contributed by atoms with van der Waals surface area (Å²) in [5.41, 5.74) is 0.0987. The number of anilines is 1. The van der Waals surface area contributed by atoms with Crippen LogP contribution in [-0.2, 0) is 4.74 Å². The predicted octanol–water partition coefficient (Wildman–Crippen LogP) is 4.45. The molecule has 1 aliphatic carbocycles. The largest absolute Gasteiger partial charge is 0.573 e. The summed E-state index contributed by atoms with van der Waals surface area (Å²) >= 11 is 0. The Labute approximate surface area is 156 Å². The first-order valence-corrected chi connectivity index (χ1v) is 9.05. The van der Waals surface area contributed by atoms with Crippen molar-refractivity contribution in [2.75, 3.05) is 25.1 Å². The van der Waals surface area contributed by atoms with Crippen LogP contribution >= 0.6 is 0 Å². The predicted molar refractivity (Wildman–Crippen MR) is 94.1 cm³/mol. The van der Waals surface area contributed by atoms with Crippen LogP contribution in [0.25, 0.3) is 0 Å². The standard InChI is InChI=1S/C18H25F3N2O4/c1-2-25-10-11-26-16-9-8-14(27-18(19,20)21)12-15(16)23-17(24)22-13-6-4-3-5-7-13/h8-9,12-13H,2-7,10-11H2,1H3,(H2,22,23,24). The van der Waals surface area contributed by atoms with E-state index in [1.807, 2.05) is 6.92 Å². The van der Waals surface area contributed by atoms with Gasteiger partial charge in [-0.1, -0.05) is 19.3 Å². The van der Waals surface area contributed by atoms with Gasteiger partial charge in [0.25, 0.3) is 0 Å². The molecule has 0 saturated heterocycles. The summed E-state index contributed by atoms with van der Waals surface area (Å²) in [6.45, 7) is 2.89. The summed E-state index contributed by atoms with van der Waals surface area (Å²) in [6.07, 6.45) is 0.204. The molecule has 0 radical (unpaired) electrons. The van der Waals surface area contributed by atoms with Gasteiger partial charge in [0, 0.05) is 18.7 Å². The Kier molecular flexibility index (Phi) is 8.02. The van der Waals surface area contributed by atoms with Crippen molar-refractivity contribution in [3.05, 3.63) is 18.2 Å². The fourth-order valence-corrected chi connectivity index (χ4v) is 2.88. The molecule has 0 aliphatic heterocycles. The van der Waals surface area contributed by atoms with Gasteiger partial charge in [-0.3, -0.25) is 0 Å². The summed E-state index contributed by atoms with van der Waals surface area (Å²) in [5.74, 6) is -0.198. The highest BCUT2D eigenvalue weighted by atomic mass is 19.4. The van der Waals surface area contributed by atoms with E-state index in [2.05, 4.69) is 15.4 Å². The summed E-state index contributed by atoms with van der Waals surface area (Å²) in [4.78, 5) is 12.2. The maximum absolute atomic E-state index is 12.5. The van der Waals surface area contributed by atoms with E-state index in [1.54, 1.807) is 0 Å². The van der Waals surface area contributed by atoms with Crippen LogP contribution in [0.2, 0.25) is 0 Å². The van der Waals surface area contributed by atoms with Crippen LogP contribution < -0.4 is 20.1 Å². The van der Waals surface area contributed by atoms with Gasteiger partial charge in [-0.2, -0.15) is 0 Å². The van der Waals surface area contributed by atoms with Crippen molar-refractivity contribution in [2.45, 2.75) is 51.4 Å². The number of carbonyl (C=O) groups excluding carboxylic acids is 1. The molecule has 1 aromatic rings. The van der Waals surface area contributed by atoms with E-state index in [-0.39, 0.29) is 24.1 Å². The molecule has 0 spiro atoms. The van der Waals surface area contributed by atoms with Gasteiger partial charge in [0.15, 0.2) is 0 Å². The molecule has 2 N–H and O–H groups in total. The second-order valence-corrected chi connectivity index (χ2v) is 6.18. The first-order chi connectivity index (χ1) is 12.9. The van der Waals surface area contributed by atoms with Crippen LogP contribution in [0.15, 0.2) is 18.2 Å². The third-order valence-electron chi connectivity index (χ3n) is 4.06. The summed E-state index contributed by atoms with van der Waals surface area (Å²) in [6, 6.07) is 3.12. The minimum absolute atomic E-state index is 0.0654. The topological polar surface area (TPSA) is 68.8 Å². The molecule has 2 rings (SSSR count). The molecule has 0 atom stereocenters. The average Bonchev–Trinajstić information content (AvgIpc) is 2.59. The van der Waals surface area contributed by atoms with Crippen molar-refractivity contribution in [1.82, 2.24) is 5.32 Å². The van der Waals surface area contributed by atoms with Crippen molar-refractivity contribution >= 4 is 11.7 Å². The number of carbonyl (C=O) groups is 1. The monoisotopic (exact) mass is 390 g/mol. The molecule has 152 valence electrons. The van der Waals surface area contributed by atoms with E-state index >= 15 is 0 Å². The summed E-state index contributed by atoms with van der Waals surface area (Å²) in [5, 5.41) is 5.41. The SMILES string of the molecule is CCOCCOc1ccc(OC(F)(F)F)cc1NC(=O)NC1CCCCC1. The van der Waals surface area contributed by atoms with Crippen LogP contribution in [0.3, 0.4) is 0 Å². The molecule has 0 unspecified atom stereocenters. The lowest BCUT2D eigenvalue weighted by atomic mass is 9.96. The Hall–Kier alpha value is -2.16. The third-order valence-corrected chi connectivity index (χ3v) is 4.06. The van der Waals surface area contributed by atoms with Crippen LogP contribution in [0.4, 0.5) is 23.7 Å². The van der Waals surface area contributed by atoms with Crippen molar-refractivity contribution in [2.24, 2.45) is 0 Å². The quantitative estimate of drug-likeness (QED) is 0.644. The first-order valence-electron chi connectivity index (χ1n) is 9.05. The van der Waals surface area contributed by atoms with E-state index in [0.29, 0.717) is 13.2 Å². The molecule has 1 aromatic carbocycles. The third kappa shape index (κ3) is 7.94. The van der Waals surface area contributed by atoms with Gasteiger partial charge < -0.3 is 24.8 Å². The van der Waals surface area contributed by atoms with Gasteiger partial charge in [0.1, 0.15) is 18.1 Å². The van der Waals surface area contributed by atoms with Crippen LogP contribution in [0.1, 0.15) is 39.0 Å². The van der Waals surface area contributed by atoms with Crippen molar-refractivity contribution in [3.63, 3.8) is 0 Å². The number of benzene rings is 1. The van der Waals surface area contributed by atoms with E-state index in [0.717, 1.165) is 44.2 Å². The lowest BCUT2D eigenvalue weighted by molar-refractivity contribution is -0.274.